The zero-order chi connectivity index (χ0) is 13.7. The fourth-order valence-corrected chi connectivity index (χ4v) is 5.03. The average molecular weight is 264 g/mol. The Bertz CT molecular complexity index is 334. The van der Waals surface area contributed by atoms with Crippen molar-refractivity contribution in [1.29, 1.82) is 0 Å². The van der Waals surface area contributed by atoms with Crippen LogP contribution in [-0.4, -0.2) is 36.1 Å². The molecule has 2 nitrogen and oxygen atoms in total. The first-order valence-corrected chi connectivity index (χ1v) is 8.38. The monoisotopic (exact) mass is 264 g/mol. The van der Waals surface area contributed by atoms with Gasteiger partial charge >= 0.3 is 0 Å². The highest BCUT2D eigenvalue weighted by Gasteiger charge is 2.51. The number of likely N-dealkylation sites (tertiary alicyclic amines) is 1. The molecule has 19 heavy (non-hydrogen) atoms. The SMILES string of the molecule is CC1(C)CCCC(N2CC3CNCC3C2(C)C)CC1. The lowest BCUT2D eigenvalue weighted by Gasteiger charge is -2.41. The van der Waals surface area contributed by atoms with Crippen LogP contribution < -0.4 is 5.32 Å². The fraction of sp³-hybridized carbons (Fsp3) is 1.00. The quantitative estimate of drug-likeness (QED) is 0.731. The molecule has 1 saturated carbocycles. The molecular weight excluding hydrogens is 232 g/mol. The first kappa shape index (κ1) is 13.9. The first-order valence-electron chi connectivity index (χ1n) is 8.38. The Balaban J connectivity index is 1.72. The Morgan fingerprint density at radius 3 is 2.53 bits per heavy atom. The number of rotatable bonds is 1. The van der Waals surface area contributed by atoms with E-state index >= 15 is 0 Å². The Morgan fingerprint density at radius 2 is 1.79 bits per heavy atom. The summed E-state index contributed by atoms with van der Waals surface area (Å²) in [6.07, 6.45) is 7.12. The van der Waals surface area contributed by atoms with Crippen molar-refractivity contribution in [3.05, 3.63) is 0 Å². The van der Waals surface area contributed by atoms with Gasteiger partial charge in [-0.2, -0.15) is 0 Å². The summed E-state index contributed by atoms with van der Waals surface area (Å²) < 4.78 is 0. The van der Waals surface area contributed by atoms with Crippen molar-refractivity contribution in [3.8, 4) is 0 Å². The Hall–Kier alpha value is -0.0800. The van der Waals surface area contributed by atoms with Crippen LogP contribution in [0.4, 0.5) is 0 Å². The lowest BCUT2D eigenvalue weighted by Crippen LogP contribution is -2.49. The first-order chi connectivity index (χ1) is 8.90. The summed E-state index contributed by atoms with van der Waals surface area (Å²) in [7, 11) is 0. The average Bonchev–Trinajstić information content (AvgIpc) is 2.81. The van der Waals surface area contributed by atoms with Crippen molar-refractivity contribution in [2.24, 2.45) is 17.3 Å². The van der Waals surface area contributed by atoms with E-state index in [9.17, 15) is 0 Å². The molecule has 2 aliphatic heterocycles. The second-order valence-corrected chi connectivity index (χ2v) is 8.58. The normalized spacial score (nSPS) is 42.0. The van der Waals surface area contributed by atoms with Crippen LogP contribution in [0.15, 0.2) is 0 Å². The second kappa shape index (κ2) is 4.73. The minimum Gasteiger partial charge on any atom is -0.316 e. The number of nitrogens with one attached hydrogen (secondary N) is 1. The maximum absolute atomic E-state index is 3.60. The number of hydrogen-bond acceptors (Lipinski definition) is 2. The summed E-state index contributed by atoms with van der Waals surface area (Å²) in [6.45, 7) is 13.8. The maximum atomic E-state index is 3.60. The highest BCUT2D eigenvalue weighted by Crippen LogP contribution is 2.45. The largest absolute Gasteiger partial charge is 0.316 e. The molecule has 2 heteroatoms. The van der Waals surface area contributed by atoms with Gasteiger partial charge in [0.05, 0.1) is 0 Å². The van der Waals surface area contributed by atoms with Crippen LogP contribution in [0, 0.1) is 17.3 Å². The third-order valence-corrected chi connectivity index (χ3v) is 6.40. The lowest BCUT2D eigenvalue weighted by atomic mass is 9.83. The molecule has 3 fully saturated rings. The molecule has 0 amide bonds. The van der Waals surface area contributed by atoms with E-state index in [1.54, 1.807) is 0 Å². The minimum atomic E-state index is 0.410. The van der Waals surface area contributed by atoms with Gasteiger partial charge in [-0.3, -0.25) is 4.90 Å². The van der Waals surface area contributed by atoms with E-state index in [0.717, 1.165) is 17.9 Å². The van der Waals surface area contributed by atoms with Gasteiger partial charge in [-0.25, -0.2) is 0 Å². The van der Waals surface area contributed by atoms with E-state index in [2.05, 4.69) is 37.9 Å². The molecule has 3 atom stereocenters. The van der Waals surface area contributed by atoms with Crippen LogP contribution in [0.5, 0.6) is 0 Å². The zero-order valence-corrected chi connectivity index (χ0v) is 13.3. The van der Waals surface area contributed by atoms with Gasteiger partial charge in [0.2, 0.25) is 0 Å². The topological polar surface area (TPSA) is 15.3 Å². The summed E-state index contributed by atoms with van der Waals surface area (Å²) in [6, 6.07) is 0.849. The van der Waals surface area contributed by atoms with Gasteiger partial charge in [-0.05, 0) is 63.3 Å². The molecule has 3 aliphatic rings. The van der Waals surface area contributed by atoms with Gasteiger partial charge in [0.25, 0.3) is 0 Å². The Morgan fingerprint density at radius 1 is 1.00 bits per heavy atom. The van der Waals surface area contributed by atoms with Crippen molar-refractivity contribution in [1.82, 2.24) is 10.2 Å². The minimum absolute atomic E-state index is 0.410. The van der Waals surface area contributed by atoms with Crippen LogP contribution in [-0.2, 0) is 0 Å². The van der Waals surface area contributed by atoms with Crippen LogP contribution in [0.1, 0.15) is 59.8 Å². The fourth-order valence-electron chi connectivity index (χ4n) is 5.03. The number of fused-ring (bicyclic) bond motifs is 1. The van der Waals surface area contributed by atoms with E-state index < -0.39 is 0 Å². The van der Waals surface area contributed by atoms with Gasteiger partial charge in [-0.1, -0.05) is 20.3 Å². The molecule has 0 aromatic carbocycles. The Labute approximate surface area is 119 Å². The molecule has 1 aliphatic carbocycles. The van der Waals surface area contributed by atoms with Crippen molar-refractivity contribution in [2.75, 3.05) is 19.6 Å². The molecule has 3 rings (SSSR count). The molecule has 0 radical (unpaired) electrons. The van der Waals surface area contributed by atoms with E-state index in [-0.39, 0.29) is 0 Å². The van der Waals surface area contributed by atoms with Gasteiger partial charge in [-0.15, -0.1) is 0 Å². The third-order valence-electron chi connectivity index (χ3n) is 6.40. The van der Waals surface area contributed by atoms with Gasteiger partial charge in [0, 0.05) is 24.7 Å². The molecule has 0 aromatic rings. The van der Waals surface area contributed by atoms with Crippen molar-refractivity contribution in [2.45, 2.75) is 71.4 Å². The van der Waals surface area contributed by atoms with Crippen LogP contribution in [0.3, 0.4) is 0 Å². The summed E-state index contributed by atoms with van der Waals surface area (Å²) >= 11 is 0. The van der Waals surface area contributed by atoms with Crippen LogP contribution in [0.25, 0.3) is 0 Å². The highest BCUT2D eigenvalue weighted by atomic mass is 15.3. The second-order valence-electron chi connectivity index (χ2n) is 8.58. The van der Waals surface area contributed by atoms with Crippen molar-refractivity contribution < 1.29 is 0 Å². The van der Waals surface area contributed by atoms with E-state index in [1.165, 1.54) is 51.7 Å². The molecule has 2 heterocycles. The predicted molar refractivity (Wildman–Crippen MR) is 81.3 cm³/mol. The van der Waals surface area contributed by atoms with Crippen molar-refractivity contribution in [3.63, 3.8) is 0 Å². The lowest BCUT2D eigenvalue weighted by molar-refractivity contribution is 0.0785. The summed E-state index contributed by atoms with van der Waals surface area (Å²) in [5.74, 6) is 1.79. The highest BCUT2D eigenvalue weighted by molar-refractivity contribution is 5.06. The van der Waals surface area contributed by atoms with E-state index in [1.807, 2.05) is 0 Å². The maximum Gasteiger partial charge on any atom is 0.0200 e. The molecule has 0 spiro atoms. The molecular formula is C17H32N2. The molecule has 0 bridgehead atoms. The number of hydrogen-bond donors (Lipinski definition) is 1. The predicted octanol–water partition coefficient (Wildman–Crippen LogP) is 3.28. The van der Waals surface area contributed by atoms with Gasteiger partial charge in [0.15, 0.2) is 0 Å². The van der Waals surface area contributed by atoms with Crippen LogP contribution >= 0.6 is 0 Å². The standard InChI is InChI=1S/C17H32N2/c1-16(2)8-5-6-14(7-9-16)19-12-13-10-18-11-15(13)17(19,3)4/h13-15,18H,5-12H2,1-4H3. The summed E-state index contributed by atoms with van der Waals surface area (Å²) in [4.78, 5) is 2.89. The zero-order valence-electron chi connectivity index (χ0n) is 13.3. The van der Waals surface area contributed by atoms with Gasteiger partial charge in [0.1, 0.15) is 0 Å². The molecule has 0 aromatic heterocycles. The van der Waals surface area contributed by atoms with E-state index in [4.69, 9.17) is 0 Å². The smallest absolute Gasteiger partial charge is 0.0200 e. The summed E-state index contributed by atoms with van der Waals surface area (Å²) in [5, 5.41) is 3.60. The third kappa shape index (κ3) is 2.47. The molecule has 110 valence electrons. The van der Waals surface area contributed by atoms with E-state index in [0.29, 0.717) is 11.0 Å². The molecule has 3 unspecified atom stereocenters. The van der Waals surface area contributed by atoms with Gasteiger partial charge < -0.3 is 5.32 Å². The molecule has 2 saturated heterocycles. The Kier molecular flexibility index (Phi) is 3.46. The molecule has 1 N–H and O–H groups in total. The summed E-state index contributed by atoms with van der Waals surface area (Å²) in [5.41, 5.74) is 0.989. The van der Waals surface area contributed by atoms with Crippen LogP contribution in [0.2, 0.25) is 0 Å². The number of nitrogens with zero attached hydrogens (tertiary/aromatic N) is 1. The van der Waals surface area contributed by atoms with Crippen molar-refractivity contribution >= 4 is 0 Å².